The minimum Gasteiger partial charge on any atom is -0.496 e. The first-order valence-corrected chi connectivity index (χ1v) is 9.88. The number of aromatic nitrogens is 2. The first-order chi connectivity index (χ1) is 16.2. The summed E-state index contributed by atoms with van der Waals surface area (Å²) >= 11 is 0. The normalized spacial score (nSPS) is 11.1. The van der Waals surface area contributed by atoms with E-state index in [4.69, 9.17) is 9.84 Å². The highest BCUT2D eigenvalue weighted by atomic mass is 19.4. The Hall–Kier alpha value is -4.13. The van der Waals surface area contributed by atoms with Crippen LogP contribution in [0.1, 0.15) is 6.42 Å². The van der Waals surface area contributed by atoms with Crippen LogP contribution in [0.15, 0.2) is 48.5 Å². The van der Waals surface area contributed by atoms with E-state index in [2.05, 4.69) is 25.3 Å². The number of nitrogens with one attached hydrogen (secondary N) is 2. The number of hydrogen-bond donors (Lipinski definition) is 3. The summed E-state index contributed by atoms with van der Waals surface area (Å²) in [7, 11) is 1.38. The number of aliphatic hydroxyl groups excluding tert-OH is 1. The van der Waals surface area contributed by atoms with E-state index in [0.29, 0.717) is 18.5 Å². The summed E-state index contributed by atoms with van der Waals surface area (Å²) in [6, 6.07) is 10.8. The highest BCUT2D eigenvalue weighted by Gasteiger charge is 2.31. The van der Waals surface area contributed by atoms with Gasteiger partial charge in [0.1, 0.15) is 23.0 Å². The predicted molar refractivity (Wildman–Crippen MR) is 117 cm³/mol. The number of rotatable bonds is 10. The third-order valence-corrected chi connectivity index (χ3v) is 4.37. The van der Waals surface area contributed by atoms with Crippen LogP contribution in [0.3, 0.4) is 0 Å². The number of nitro groups is 1. The van der Waals surface area contributed by atoms with Crippen molar-refractivity contribution in [2.75, 3.05) is 30.9 Å². The summed E-state index contributed by atoms with van der Waals surface area (Å²) in [5, 5.41) is 26.3. The van der Waals surface area contributed by atoms with Gasteiger partial charge in [-0.3, -0.25) is 10.1 Å². The summed E-state index contributed by atoms with van der Waals surface area (Å²) < 4.78 is 46.9. The Bertz CT molecular complexity index is 1160. The van der Waals surface area contributed by atoms with Gasteiger partial charge in [0.2, 0.25) is 5.95 Å². The lowest BCUT2D eigenvalue weighted by molar-refractivity contribution is -0.384. The monoisotopic (exact) mass is 479 g/mol. The molecule has 0 unspecified atom stereocenters. The zero-order chi connectivity index (χ0) is 24.7. The van der Waals surface area contributed by atoms with Crippen molar-refractivity contribution in [1.82, 2.24) is 9.97 Å². The molecular formula is C21H20F3N5O5. The van der Waals surface area contributed by atoms with Crippen LogP contribution in [0.25, 0.3) is 11.3 Å². The quantitative estimate of drug-likeness (QED) is 0.218. The van der Waals surface area contributed by atoms with Gasteiger partial charge in [-0.1, -0.05) is 12.1 Å². The summed E-state index contributed by atoms with van der Waals surface area (Å²) in [5.41, 5.74) is 0.371. The molecular weight excluding hydrogens is 459 g/mol. The minimum absolute atomic E-state index is 0.0767. The molecule has 180 valence electrons. The van der Waals surface area contributed by atoms with Gasteiger partial charge in [-0.15, -0.1) is 13.2 Å². The molecule has 0 aliphatic heterocycles. The fourth-order valence-electron chi connectivity index (χ4n) is 2.90. The molecule has 3 rings (SSSR count). The number of ether oxygens (including phenoxy) is 2. The highest BCUT2D eigenvalue weighted by Crippen LogP contribution is 2.33. The molecule has 0 spiro atoms. The maximum absolute atomic E-state index is 12.6. The predicted octanol–water partition coefficient (Wildman–Crippen LogP) is 4.50. The number of methoxy groups -OCH3 is 1. The number of hydrogen-bond acceptors (Lipinski definition) is 9. The Morgan fingerprint density at radius 2 is 1.91 bits per heavy atom. The van der Waals surface area contributed by atoms with Gasteiger partial charge >= 0.3 is 6.36 Å². The molecule has 0 amide bonds. The van der Waals surface area contributed by atoms with Crippen molar-refractivity contribution in [3.8, 4) is 22.8 Å². The lowest BCUT2D eigenvalue weighted by Gasteiger charge is -2.13. The Balaban J connectivity index is 2.00. The first-order valence-electron chi connectivity index (χ1n) is 9.88. The standard InChI is InChI=1S/C21H20F3N5O5/c1-33-14-6-7-16(18(11-14)29(31)32)26-19-12-17(27-20(28-19)25-8-3-9-30)13-4-2-5-15(10-13)34-21(22,23)24/h2,4-7,10-12,30H,3,8-9H2,1H3,(H2,25,26,27,28). The topological polar surface area (TPSA) is 132 Å². The number of benzene rings is 2. The number of nitro benzene ring substituents is 1. The van der Waals surface area contributed by atoms with Crippen LogP contribution in [-0.2, 0) is 0 Å². The third kappa shape index (κ3) is 6.68. The second-order valence-corrected chi connectivity index (χ2v) is 6.81. The molecule has 0 aliphatic carbocycles. The summed E-state index contributed by atoms with van der Waals surface area (Å²) in [4.78, 5) is 19.5. The SMILES string of the molecule is COc1ccc(Nc2cc(-c3cccc(OC(F)(F)F)c3)nc(NCCCO)n2)c([N+](=O)[O-])c1. The summed E-state index contributed by atoms with van der Waals surface area (Å²) in [6.45, 7) is 0.242. The highest BCUT2D eigenvalue weighted by molar-refractivity contribution is 5.73. The van der Waals surface area contributed by atoms with Crippen LogP contribution in [-0.4, -0.2) is 46.6 Å². The van der Waals surface area contributed by atoms with E-state index in [9.17, 15) is 23.3 Å². The number of halogens is 3. The van der Waals surface area contributed by atoms with Crippen molar-refractivity contribution in [3.05, 3.63) is 58.6 Å². The van der Waals surface area contributed by atoms with Crippen molar-refractivity contribution < 1.29 is 32.7 Å². The first kappa shape index (κ1) is 24.5. The number of anilines is 3. The molecule has 10 nitrogen and oxygen atoms in total. The number of aliphatic hydroxyl groups is 1. The maximum Gasteiger partial charge on any atom is 0.573 e. The number of nitrogens with zero attached hydrogens (tertiary/aromatic N) is 3. The van der Waals surface area contributed by atoms with E-state index in [1.807, 2.05) is 0 Å². The van der Waals surface area contributed by atoms with E-state index >= 15 is 0 Å². The molecule has 0 saturated heterocycles. The van der Waals surface area contributed by atoms with Crippen molar-refractivity contribution in [2.24, 2.45) is 0 Å². The smallest absolute Gasteiger partial charge is 0.496 e. The molecule has 3 N–H and O–H groups in total. The Morgan fingerprint density at radius 1 is 1.12 bits per heavy atom. The van der Waals surface area contributed by atoms with Crippen molar-refractivity contribution in [2.45, 2.75) is 12.8 Å². The third-order valence-electron chi connectivity index (χ3n) is 4.37. The van der Waals surface area contributed by atoms with E-state index in [0.717, 1.165) is 12.1 Å². The molecule has 0 atom stereocenters. The number of alkyl halides is 3. The minimum atomic E-state index is -4.86. The van der Waals surface area contributed by atoms with E-state index in [1.165, 1.54) is 43.5 Å². The molecule has 3 aromatic rings. The molecule has 0 aliphatic rings. The van der Waals surface area contributed by atoms with Crippen LogP contribution < -0.4 is 20.1 Å². The average Bonchev–Trinajstić information content (AvgIpc) is 2.78. The van der Waals surface area contributed by atoms with Gasteiger partial charge in [0.05, 0.1) is 23.8 Å². The van der Waals surface area contributed by atoms with Gasteiger partial charge in [0.15, 0.2) is 0 Å². The van der Waals surface area contributed by atoms with Gasteiger partial charge in [0.25, 0.3) is 5.69 Å². The molecule has 0 fully saturated rings. The zero-order valence-corrected chi connectivity index (χ0v) is 17.8. The van der Waals surface area contributed by atoms with E-state index in [-0.39, 0.29) is 41.2 Å². The maximum atomic E-state index is 12.6. The lowest BCUT2D eigenvalue weighted by Crippen LogP contribution is -2.17. The molecule has 34 heavy (non-hydrogen) atoms. The zero-order valence-electron chi connectivity index (χ0n) is 17.8. The second-order valence-electron chi connectivity index (χ2n) is 6.81. The molecule has 13 heteroatoms. The lowest BCUT2D eigenvalue weighted by atomic mass is 10.1. The molecule has 1 aromatic heterocycles. The Kier molecular flexibility index (Phi) is 7.68. The van der Waals surface area contributed by atoms with Crippen LogP contribution in [0.4, 0.5) is 36.3 Å². The van der Waals surface area contributed by atoms with Crippen molar-refractivity contribution >= 4 is 23.1 Å². The molecule has 0 saturated carbocycles. The fourth-order valence-corrected chi connectivity index (χ4v) is 2.90. The van der Waals surface area contributed by atoms with Gasteiger partial charge in [-0.2, -0.15) is 4.98 Å². The second kappa shape index (κ2) is 10.7. The molecule has 0 bridgehead atoms. The Labute approximate surface area is 191 Å². The van der Waals surface area contributed by atoms with Gasteiger partial charge in [-0.05, 0) is 30.7 Å². The van der Waals surface area contributed by atoms with Gasteiger partial charge < -0.3 is 25.2 Å². The van der Waals surface area contributed by atoms with E-state index in [1.54, 1.807) is 0 Å². The molecule has 2 aromatic carbocycles. The van der Waals surface area contributed by atoms with Gasteiger partial charge in [-0.25, -0.2) is 4.98 Å². The van der Waals surface area contributed by atoms with Crippen LogP contribution in [0.5, 0.6) is 11.5 Å². The fraction of sp³-hybridized carbons (Fsp3) is 0.238. The molecule has 1 heterocycles. The largest absolute Gasteiger partial charge is 0.573 e. The van der Waals surface area contributed by atoms with Crippen LogP contribution >= 0.6 is 0 Å². The van der Waals surface area contributed by atoms with Crippen LogP contribution in [0, 0.1) is 10.1 Å². The van der Waals surface area contributed by atoms with Gasteiger partial charge in [0, 0.05) is 24.8 Å². The van der Waals surface area contributed by atoms with Crippen molar-refractivity contribution in [1.29, 1.82) is 0 Å². The van der Waals surface area contributed by atoms with Crippen molar-refractivity contribution in [3.63, 3.8) is 0 Å². The average molecular weight is 479 g/mol. The summed E-state index contributed by atoms with van der Waals surface area (Å²) in [6.07, 6.45) is -4.46. The van der Waals surface area contributed by atoms with E-state index < -0.39 is 17.0 Å². The van der Waals surface area contributed by atoms with Crippen LogP contribution in [0.2, 0.25) is 0 Å². The molecule has 0 radical (unpaired) electrons. The summed E-state index contributed by atoms with van der Waals surface area (Å²) in [5.74, 6) is 0.103. The Morgan fingerprint density at radius 3 is 2.59 bits per heavy atom.